The molecule has 15 heavy (non-hydrogen) atoms. The van der Waals surface area contributed by atoms with Crippen molar-refractivity contribution in [2.24, 2.45) is 0 Å². The number of rotatable bonds is 3. The van der Waals surface area contributed by atoms with E-state index in [1.165, 1.54) is 6.20 Å². The van der Waals surface area contributed by atoms with Gasteiger partial charge in [-0.05, 0) is 34.5 Å². The van der Waals surface area contributed by atoms with Crippen LogP contribution in [0.2, 0.25) is 0 Å². The predicted octanol–water partition coefficient (Wildman–Crippen LogP) is 3.48. The Bertz CT molecular complexity index is 341. The maximum atomic E-state index is 11.8. The molecule has 0 N–H and O–H groups in total. The van der Waals surface area contributed by atoms with Crippen LogP contribution < -0.4 is 4.74 Å². The number of alkyl halides is 3. The summed E-state index contributed by atoms with van der Waals surface area (Å²) in [5.74, 6) is 0.194. The molecule has 0 amide bonds. The smallest absolute Gasteiger partial charge is 0.392 e. The predicted molar refractivity (Wildman–Crippen MR) is 52.8 cm³/mol. The van der Waals surface area contributed by atoms with Crippen LogP contribution in [0, 0.1) is 6.92 Å². The topological polar surface area (TPSA) is 22.1 Å². The highest BCUT2D eigenvalue weighted by Crippen LogP contribution is 2.26. The molecule has 1 aromatic rings. The molecule has 2 nitrogen and oxygen atoms in total. The van der Waals surface area contributed by atoms with E-state index in [0.29, 0.717) is 4.47 Å². The normalized spacial score (nSPS) is 11.5. The first-order valence-electron chi connectivity index (χ1n) is 4.21. The standard InChI is InChI=1S/C9H9BrF3NO/c1-6-2-4-14-8(7(6)10)15-5-3-9(11,12)13/h2,4H,3,5H2,1H3. The Labute approximate surface area is 93.6 Å². The zero-order valence-electron chi connectivity index (χ0n) is 7.94. The molecule has 0 aliphatic carbocycles. The number of hydrogen-bond donors (Lipinski definition) is 0. The van der Waals surface area contributed by atoms with E-state index in [1.807, 2.05) is 6.92 Å². The van der Waals surface area contributed by atoms with Crippen molar-refractivity contribution in [1.29, 1.82) is 0 Å². The Morgan fingerprint density at radius 3 is 2.73 bits per heavy atom. The van der Waals surface area contributed by atoms with Gasteiger partial charge < -0.3 is 4.74 Å². The third kappa shape index (κ3) is 4.07. The SMILES string of the molecule is Cc1ccnc(OCCC(F)(F)F)c1Br. The minimum absolute atomic E-state index is 0.194. The Hall–Kier alpha value is -0.780. The molecule has 0 unspecified atom stereocenters. The lowest BCUT2D eigenvalue weighted by molar-refractivity contribution is -0.139. The quantitative estimate of drug-likeness (QED) is 0.847. The maximum absolute atomic E-state index is 11.8. The number of ether oxygens (including phenoxy) is 1. The van der Waals surface area contributed by atoms with Gasteiger partial charge >= 0.3 is 6.18 Å². The summed E-state index contributed by atoms with van der Waals surface area (Å²) in [7, 11) is 0. The molecular weight excluding hydrogens is 275 g/mol. The number of aryl methyl sites for hydroxylation is 1. The molecule has 0 atom stereocenters. The third-order valence-corrected chi connectivity index (χ3v) is 2.64. The van der Waals surface area contributed by atoms with E-state index >= 15 is 0 Å². The van der Waals surface area contributed by atoms with Crippen molar-refractivity contribution in [3.8, 4) is 5.88 Å². The molecule has 0 saturated heterocycles. The van der Waals surface area contributed by atoms with Gasteiger partial charge in [-0.3, -0.25) is 0 Å². The number of halogens is 4. The Kier molecular flexibility index (Phi) is 3.96. The summed E-state index contributed by atoms with van der Waals surface area (Å²) in [6, 6.07) is 1.74. The summed E-state index contributed by atoms with van der Waals surface area (Å²) >= 11 is 3.19. The van der Waals surface area contributed by atoms with Gasteiger partial charge in [-0.1, -0.05) is 0 Å². The van der Waals surface area contributed by atoms with Crippen LogP contribution in [0.4, 0.5) is 13.2 Å². The van der Waals surface area contributed by atoms with Gasteiger partial charge in [-0.2, -0.15) is 13.2 Å². The maximum Gasteiger partial charge on any atom is 0.392 e. The van der Waals surface area contributed by atoms with Gasteiger partial charge in [0.2, 0.25) is 5.88 Å². The molecule has 0 radical (unpaired) electrons. The zero-order valence-corrected chi connectivity index (χ0v) is 9.52. The number of aromatic nitrogens is 1. The first-order valence-corrected chi connectivity index (χ1v) is 5.00. The van der Waals surface area contributed by atoms with Crippen LogP contribution in [-0.4, -0.2) is 17.8 Å². The van der Waals surface area contributed by atoms with Crippen LogP contribution in [0.3, 0.4) is 0 Å². The highest BCUT2D eigenvalue weighted by molar-refractivity contribution is 9.10. The molecule has 0 aromatic carbocycles. The highest BCUT2D eigenvalue weighted by Gasteiger charge is 2.27. The van der Waals surface area contributed by atoms with Gasteiger partial charge in [0.05, 0.1) is 17.5 Å². The van der Waals surface area contributed by atoms with Crippen LogP contribution in [-0.2, 0) is 0 Å². The highest BCUT2D eigenvalue weighted by atomic mass is 79.9. The van der Waals surface area contributed by atoms with Gasteiger partial charge in [0.15, 0.2) is 0 Å². The Morgan fingerprint density at radius 2 is 2.13 bits per heavy atom. The third-order valence-electron chi connectivity index (χ3n) is 1.67. The van der Waals surface area contributed by atoms with Crippen molar-refractivity contribution < 1.29 is 17.9 Å². The van der Waals surface area contributed by atoms with Crippen molar-refractivity contribution in [3.05, 3.63) is 22.3 Å². The van der Waals surface area contributed by atoms with Crippen molar-refractivity contribution in [1.82, 2.24) is 4.98 Å². The van der Waals surface area contributed by atoms with E-state index in [4.69, 9.17) is 4.74 Å². The van der Waals surface area contributed by atoms with Gasteiger partial charge in [0.25, 0.3) is 0 Å². The lowest BCUT2D eigenvalue weighted by atomic mass is 10.3. The lowest BCUT2D eigenvalue weighted by Crippen LogP contribution is -2.13. The number of hydrogen-bond acceptors (Lipinski definition) is 2. The minimum atomic E-state index is -4.20. The molecular formula is C9H9BrF3NO. The first kappa shape index (κ1) is 12.3. The van der Waals surface area contributed by atoms with E-state index in [2.05, 4.69) is 20.9 Å². The first-order chi connectivity index (χ1) is 6.90. The van der Waals surface area contributed by atoms with Gasteiger partial charge in [0, 0.05) is 6.20 Å². The summed E-state index contributed by atoms with van der Waals surface area (Å²) in [6.45, 7) is 1.39. The minimum Gasteiger partial charge on any atom is -0.477 e. The molecule has 1 heterocycles. The summed E-state index contributed by atoms with van der Waals surface area (Å²) in [4.78, 5) is 3.82. The average molecular weight is 284 g/mol. The van der Waals surface area contributed by atoms with Crippen LogP contribution in [0.25, 0.3) is 0 Å². The van der Waals surface area contributed by atoms with Gasteiger partial charge in [-0.15, -0.1) is 0 Å². The lowest BCUT2D eigenvalue weighted by Gasteiger charge is -2.09. The summed E-state index contributed by atoms with van der Waals surface area (Å²) in [5, 5.41) is 0. The molecule has 84 valence electrons. The molecule has 6 heteroatoms. The van der Waals surface area contributed by atoms with Crippen molar-refractivity contribution in [3.63, 3.8) is 0 Å². The summed E-state index contributed by atoms with van der Waals surface area (Å²) < 4.78 is 41.0. The molecule has 0 fully saturated rings. The van der Waals surface area contributed by atoms with Crippen molar-refractivity contribution in [2.75, 3.05) is 6.61 Å². The number of pyridine rings is 1. The van der Waals surface area contributed by atoms with Crippen LogP contribution in [0.1, 0.15) is 12.0 Å². The summed E-state index contributed by atoms with van der Waals surface area (Å²) in [5.41, 5.74) is 0.868. The second-order valence-electron chi connectivity index (χ2n) is 2.96. The molecule has 0 aliphatic rings. The molecule has 0 saturated carbocycles. The van der Waals surface area contributed by atoms with E-state index in [9.17, 15) is 13.2 Å². The Balaban J connectivity index is 2.55. The molecule has 0 bridgehead atoms. The monoisotopic (exact) mass is 283 g/mol. The molecule has 0 aliphatic heterocycles. The second kappa shape index (κ2) is 4.83. The van der Waals surface area contributed by atoms with Crippen molar-refractivity contribution in [2.45, 2.75) is 19.5 Å². The second-order valence-corrected chi connectivity index (χ2v) is 3.75. The largest absolute Gasteiger partial charge is 0.477 e. The van der Waals surface area contributed by atoms with E-state index in [0.717, 1.165) is 5.56 Å². The van der Waals surface area contributed by atoms with Gasteiger partial charge in [-0.25, -0.2) is 4.98 Å². The van der Waals surface area contributed by atoms with E-state index < -0.39 is 19.2 Å². The zero-order chi connectivity index (χ0) is 11.5. The fourth-order valence-electron chi connectivity index (χ4n) is 0.879. The van der Waals surface area contributed by atoms with E-state index in [-0.39, 0.29) is 5.88 Å². The fourth-order valence-corrected chi connectivity index (χ4v) is 1.23. The molecule has 1 rings (SSSR count). The van der Waals surface area contributed by atoms with Crippen LogP contribution >= 0.6 is 15.9 Å². The van der Waals surface area contributed by atoms with Crippen LogP contribution in [0.5, 0.6) is 5.88 Å². The van der Waals surface area contributed by atoms with Crippen LogP contribution in [0.15, 0.2) is 16.7 Å². The number of nitrogens with zero attached hydrogens (tertiary/aromatic N) is 1. The van der Waals surface area contributed by atoms with Gasteiger partial charge in [0.1, 0.15) is 0 Å². The van der Waals surface area contributed by atoms with Crippen molar-refractivity contribution >= 4 is 15.9 Å². The molecule has 1 aromatic heterocycles. The molecule has 0 spiro atoms. The fraction of sp³-hybridized carbons (Fsp3) is 0.444. The summed E-state index contributed by atoms with van der Waals surface area (Å²) in [6.07, 6.45) is -3.69. The average Bonchev–Trinajstić information content (AvgIpc) is 2.10. The van der Waals surface area contributed by atoms with E-state index in [1.54, 1.807) is 6.07 Å². The Morgan fingerprint density at radius 1 is 1.47 bits per heavy atom.